The molecule has 0 spiro atoms. The molecule has 0 aliphatic rings. The second-order valence-electron chi connectivity index (χ2n) is 6.05. The van der Waals surface area contributed by atoms with E-state index in [0.29, 0.717) is 13.1 Å². The highest BCUT2D eigenvalue weighted by Crippen LogP contribution is 2.06. The summed E-state index contributed by atoms with van der Waals surface area (Å²) in [6.45, 7) is 3.81. The summed E-state index contributed by atoms with van der Waals surface area (Å²) in [6.07, 6.45) is 3.71. The van der Waals surface area contributed by atoms with Crippen LogP contribution in [0.25, 0.3) is 0 Å². The van der Waals surface area contributed by atoms with E-state index in [1.165, 1.54) is 11.1 Å². The molecule has 0 fully saturated rings. The quantitative estimate of drug-likeness (QED) is 0.727. The van der Waals surface area contributed by atoms with Gasteiger partial charge in [0, 0.05) is 25.5 Å². The zero-order chi connectivity index (χ0) is 17.5. The highest BCUT2D eigenvalue weighted by atomic mass is 16.2. The van der Waals surface area contributed by atoms with Crippen LogP contribution >= 0.6 is 0 Å². The van der Waals surface area contributed by atoms with E-state index in [1.54, 1.807) is 6.20 Å². The van der Waals surface area contributed by atoms with Crippen molar-refractivity contribution in [3.63, 3.8) is 0 Å². The zero-order valence-corrected chi connectivity index (χ0v) is 14.3. The van der Waals surface area contributed by atoms with Crippen molar-refractivity contribution in [1.29, 1.82) is 0 Å². The van der Waals surface area contributed by atoms with Crippen LogP contribution in [-0.4, -0.2) is 15.8 Å². The van der Waals surface area contributed by atoms with Gasteiger partial charge in [-0.1, -0.05) is 54.1 Å². The van der Waals surface area contributed by atoms with Gasteiger partial charge in [-0.3, -0.25) is 4.68 Å². The Morgan fingerprint density at radius 1 is 0.960 bits per heavy atom. The molecule has 2 aromatic carbocycles. The lowest BCUT2D eigenvalue weighted by Gasteiger charge is -2.09. The van der Waals surface area contributed by atoms with Crippen LogP contribution in [0.2, 0.25) is 0 Å². The fourth-order valence-corrected chi connectivity index (χ4v) is 2.59. The van der Waals surface area contributed by atoms with E-state index in [9.17, 15) is 4.79 Å². The fourth-order valence-electron chi connectivity index (χ4n) is 2.59. The predicted octanol–water partition coefficient (Wildman–Crippen LogP) is 3.24. The monoisotopic (exact) mass is 334 g/mol. The molecule has 5 heteroatoms. The summed E-state index contributed by atoms with van der Waals surface area (Å²) >= 11 is 0. The Labute approximate surface area is 147 Å². The van der Waals surface area contributed by atoms with Gasteiger partial charge in [0.05, 0.1) is 6.54 Å². The van der Waals surface area contributed by atoms with Crippen LogP contribution < -0.4 is 10.6 Å². The summed E-state index contributed by atoms with van der Waals surface area (Å²) in [5.74, 6) is 0. The van der Waals surface area contributed by atoms with Gasteiger partial charge in [-0.15, -0.1) is 0 Å². The number of amides is 2. The average Bonchev–Trinajstić information content (AvgIpc) is 3.12. The number of rotatable bonds is 6. The molecule has 25 heavy (non-hydrogen) atoms. The number of aromatic nitrogens is 2. The second-order valence-corrected chi connectivity index (χ2v) is 6.05. The van der Waals surface area contributed by atoms with E-state index in [4.69, 9.17) is 0 Å². The van der Waals surface area contributed by atoms with Crippen LogP contribution in [0, 0.1) is 6.92 Å². The molecule has 0 saturated heterocycles. The lowest BCUT2D eigenvalue weighted by atomic mass is 10.1. The van der Waals surface area contributed by atoms with E-state index in [1.807, 2.05) is 54.2 Å². The number of nitrogens with one attached hydrogen (secondary N) is 2. The number of urea groups is 1. The maximum atomic E-state index is 11.9. The minimum absolute atomic E-state index is 0.165. The maximum absolute atomic E-state index is 11.9. The number of carbonyl (C=O) groups is 1. The first kappa shape index (κ1) is 16.8. The fraction of sp³-hybridized carbons (Fsp3) is 0.200. The minimum atomic E-state index is -0.165. The third-order valence-electron chi connectivity index (χ3n) is 3.92. The average molecular weight is 334 g/mol. The number of aryl methyl sites for hydroxylation is 1. The van der Waals surface area contributed by atoms with Crippen LogP contribution in [0.4, 0.5) is 4.79 Å². The molecule has 3 aromatic rings. The molecule has 0 bridgehead atoms. The molecular formula is C20H22N4O. The van der Waals surface area contributed by atoms with Crippen molar-refractivity contribution >= 4 is 6.03 Å². The SMILES string of the molecule is Cc1cccc(CNC(=O)NCc2ccc(Cn3cccn3)cc2)c1. The highest BCUT2D eigenvalue weighted by molar-refractivity contribution is 5.73. The van der Waals surface area contributed by atoms with E-state index in [-0.39, 0.29) is 6.03 Å². The van der Waals surface area contributed by atoms with Gasteiger partial charge in [-0.2, -0.15) is 5.10 Å². The van der Waals surface area contributed by atoms with Crippen LogP contribution in [0.1, 0.15) is 22.3 Å². The summed E-state index contributed by atoms with van der Waals surface area (Å²) in [5.41, 5.74) is 4.53. The normalized spacial score (nSPS) is 10.4. The molecule has 1 heterocycles. The van der Waals surface area contributed by atoms with Gasteiger partial charge in [0.2, 0.25) is 0 Å². The third kappa shape index (κ3) is 5.21. The van der Waals surface area contributed by atoms with Gasteiger partial charge >= 0.3 is 6.03 Å². The van der Waals surface area contributed by atoms with Crippen LogP contribution in [-0.2, 0) is 19.6 Å². The predicted molar refractivity (Wildman–Crippen MR) is 98.0 cm³/mol. The van der Waals surface area contributed by atoms with E-state index in [0.717, 1.165) is 17.7 Å². The molecule has 0 saturated carbocycles. The summed E-state index contributed by atoms with van der Waals surface area (Å²) in [4.78, 5) is 11.9. The first-order valence-electron chi connectivity index (χ1n) is 8.31. The molecule has 0 radical (unpaired) electrons. The maximum Gasteiger partial charge on any atom is 0.315 e. The Bertz CT molecular complexity index is 810. The Kier molecular flexibility index (Phi) is 5.46. The van der Waals surface area contributed by atoms with Crippen molar-refractivity contribution in [3.8, 4) is 0 Å². The van der Waals surface area contributed by atoms with Crippen molar-refractivity contribution in [2.24, 2.45) is 0 Å². The lowest BCUT2D eigenvalue weighted by molar-refractivity contribution is 0.240. The van der Waals surface area contributed by atoms with Crippen LogP contribution in [0.15, 0.2) is 67.0 Å². The van der Waals surface area contributed by atoms with Gasteiger partial charge < -0.3 is 10.6 Å². The number of hydrogen-bond acceptors (Lipinski definition) is 2. The van der Waals surface area contributed by atoms with Gasteiger partial charge in [-0.05, 0) is 29.7 Å². The standard InChI is InChI=1S/C20H22N4O/c1-16-4-2-5-19(12-16)14-22-20(25)21-13-17-6-8-18(9-7-17)15-24-11-3-10-23-24/h2-12H,13-15H2,1H3,(H2,21,22,25). The summed E-state index contributed by atoms with van der Waals surface area (Å²) < 4.78 is 1.88. The molecule has 2 N–H and O–H groups in total. The van der Waals surface area contributed by atoms with Gasteiger partial charge in [0.15, 0.2) is 0 Å². The molecule has 3 rings (SSSR count). The Balaban J connectivity index is 1.44. The number of carbonyl (C=O) groups excluding carboxylic acids is 1. The summed E-state index contributed by atoms with van der Waals surface area (Å²) in [5, 5.41) is 9.95. The molecule has 128 valence electrons. The molecule has 5 nitrogen and oxygen atoms in total. The second kappa shape index (κ2) is 8.15. The van der Waals surface area contributed by atoms with Crippen molar-refractivity contribution in [1.82, 2.24) is 20.4 Å². The minimum Gasteiger partial charge on any atom is -0.334 e. The highest BCUT2D eigenvalue weighted by Gasteiger charge is 2.02. The number of benzene rings is 2. The van der Waals surface area contributed by atoms with E-state index in [2.05, 4.69) is 33.9 Å². The summed E-state index contributed by atoms with van der Waals surface area (Å²) in [6, 6.07) is 18.0. The van der Waals surface area contributed by atoms with Crippen molar-refractivity contribution < 1.29 is 4.79 Å². The topological polar surface area (TPSA) is 59.0 Å². The molecule has 1 aromatic heterocycles. The number of hydrogen-bond donors (Lipinski definition) is 2. The van der Waals surface area contributed by atoms with E-state index < -0.39 is 0 Å². The first-order valence-corrected chi connectivity index (χ1v) is 8.31. The Morgan fingerprint density at radius 3 is 2.36 bits per heavy atom. The van der Waals surface area contributed by atoms with Crippen LogP contribution in [0.5, 0.6) is 0 Å². The third-order valence-corrected chi connectivity index (χ3v) is 3.92. The molecule has 2 amide bonds. The Hall–Kier alpha value is -3.08. The van der Waals surface area contributed by atoms with Crippen LogP contribution in [0.3, 0.4) is 0 Å². The molecule has 0 aliphatic heterocycles. The van der Waals surface area contributed by atoms with Crippen molar-refractivity contribution in [2.75, 3.05) is 0 Å². The zero-order valence-electron chi connectivity index (χ0n) is 14.3. The molecular weight excluding hydrogens is 312 g/mol. The van der Waals surface area contributed by atoms with E-state index >= 15 is 0 Å². The lowest BCUT2D eigenvalue weighted by Crippen LogP contribution is -2.34. The molecule has 0 unspecified atom stereocenters. The number of nitrogens with zero attached hydrogens (tertiary/aromatic N) is 2. The van der Waals surface area contributed by atoms with Gasteiger partial charge in [0.1, 0.15) is 0 Å². The van der Waals surface area contributed by atoms with Gasteiger partial charge in [-0.25, -0.2) is 4.79 Å². The largest absolute Gasteiger partial charge is 0.334 e. The summed E-state index contributed by atoms with van der Waals surface area (Å²) in [7, 11) is 0. The van der Waals surface area contributed by atoms with Gasteiger partial charge in [0.25, 0.3) is 0 Å². The molecule has 0 aliphatic carbocycles. The first-order chi connectivity index (χ1) is 12.2. The van der Waals surface area contributed by atoms with Crippen molar-refractivity contribution in [3.05, 3.63) is 89.2 Å². The smallest absolute Gasteiger partial charge is 0.315 e. The Morgan fingerprint density at radius 2 is 1.68 bits per heavy atom. The van der Waals surface area contributed by atoms with Crippen molar-refractivity contribution in [2.45, 2.75) is 26.6 Å². The molecule has 0 atom stereocenters.